The van der Waals surface area contributed by atoms with Gasteiger partial charge in [0, 0.05) is 36.3 Å². The minimum absolute atomic E-state index is 0.0112. The minimum Gasteiger partial charge on any atom is -0.497 e. The molecule has 1 aliphatic heterocycles. The molecular formula is C46H51N4O9P. The first kappa shape index (κ1) is 44.1. The lowest BCUT2D eigenvalue weighted by atomic mass is 9.80. The van der Waals surface area contributed by atoms with Gasteiger partial charge in [0.1, 0.15) is 29.4 Å². The first-order valence-corrected chi connectivity index (χ1v) is 21.0. The Labute approximate surface area is 351 Å². The molecule has 0 bridgehead atoms. The zero-order valence-electron chi connectivity index (χ0n) is 34.7. The van der Waals surface area contributed by atoms with Gasteiger partial charge in [0.2, 0.25) is 0 Å². The Morgan fingerprint density at radius 2 is 1.38 bits per heavy atom. The monoisotopic (exact) mass is 834 g/mol. The normalized spacial score (nSPS) is 17.2. The van der Waals surface area contributed by atoms with Crippen molar-refractivity contribution in [3.05, 3.63) is 165 Å². The molecule has 314 valence electrons. The topological polar surface area (TPSA) is 143 Å². The highest BCUT2D eigenvalue weighted by Crippen LogP contribution is 2.50. The fourth-order valence-corrected chi connectivity index (χ4v) is 9.19. The van der Waals surface area contributed by atoms with Crippen molar-refractivity contribution in [3.63, 3.8) is 0 Å². The molecule has 0 aliphatic carbocycles. The van der Waals surface area contributed by atoms with Gasteiger partial charge in [0.05, 0.1) is 46.0 Å². The Kier molecular flexibility index (Phi) is 14.9. The zero-order chi connectivity index (χ0) is 42.8. The smallest absolute Gasteiger partial charge is 0.340 e. The quantitative estimate of drug-likeness (QED) is 0.0488. The third-order valence-corrected chi connectivity index (χ3v) is 12.4. The van der Waals surface area contributed by atoms with Crippen LogP contribution in [0.3, 0.4) is 0 Å². The van der Waals surface area contributed by atoms with Crippen molar-refractivity contribution < 1.29 is 32.8 Å². The van der Waals surface area contributed by atoms with Crippen molar-refractivity contribution in [2.45, 2.75) is 76.7 Å². The van der Waals surface area contributed by atoms with Crippen LogP contribution < -0.4 is 20.7 Å². The molecule has 14 heteroatoms. The van der Waals surface area contributed by atoms with E-state index in [2.05, 4.69) is 10.7 Å². The Morgan fingerprint density at radius 3 is 1.92 bits per heavy atom. The molecule has 0 N–H and O–H groups in total. The fraction of sp³-hybridized carbons (Fsp3) is 0.348. The van der Waals surface area contributed by atoms with Crippen LogP contribution >= 0.6 is 8.53 Å². The van der Waals surface area contributed by atoms with Crippen LogP contribution in [0.1, 0.15) is 73.8 Å². The van der Waals surface area contributed by atoms with Gasteiger partial charge in [-0.15, -0.1) is 0 Å². The van der Waals surface area contributed by atoms with E-state index in [9.17, 15) is 19.6 Å². The first-order chi connectivity index (χ1) is 29.0. The molecule has 4 atom stereocenters. The third kappa shape index (κ3) is 9.61. The summed E-state index contributed by atoms with van der Waals surface area (Å²) in [4.78, 5) is 40.8. The van der Waals surface area contributed by atoms with E-state index in [1.165, 1.54) is 16.8 Å². The molecule has 0 amide bonds. The number of nitriles is 1. The van der Waals surface area contributed by atoms with Crippen LogP contribution in [0, 0.1) is 11.3 Å². The highest BCUT2D eigenvalue weighted by Gasteiger charge is 2.45. The molecule has 6 rings (SSSR count). The number of benzene rings is 4. The summed E-state index contributed by atoms with van der Waals surface area (Å²) in [6.07, 6.45) is -0.855. The lowest BCUT2D eigenvalue weighted by Crippen LogP contribution is -2.44. The van der Waals surface area contributed by atoms with E-state index in [1.807, 2.05) is 107 Å². The molecule has 60 heavy (non-hydrogen) atoms. The molecule has 1 aliphatic rings. The van der Waals surface area contributed by atoms with Crippen molar-refractivity contribution in [1.29, 1.82) is 5.26 Å². The number of hydrogen-bond donors (Lipinski definition) is 0. The van der Waals surface area contributed by atoms with Crippen LogP contribution in [0.25, 0.3) is 0 Å². The van der Waals surface area contributed by atoms with E-state index in [0.29, 0.717) is 16.1 Å². The van der Waals surface area contributed by atoms with Gasteiger partial charge in [0.25, 0.3) is 20.0 Å². The van der Waals surface area contributed by atoms with Crippen LogP contribution in [0.2, 0.25) is 0 Å². The first-order valence-electron chi connectivity index (χ1n) is 19.8. The number of nitrogens with zero attached hydrogens (tertiary/aromatic N) is 4. The Hall–Kier alpha value is -5.45. The van der Waals surface area contributed by atoms with Gasteiger partial charge in [-0.05, 0) is 80.8 Å². The number of carbonyl (C=O) groups excluding carboxylic acids is 1. The molecule has 4 aromatic carbocycles. The van der Waals surface area contributed by atoms with Gasteiger partial charge in [-0.2, -0.15) is 9.83 Å². The minimum atomic E-state index is -1.76. The van der Waals surface area contributed by atoms with E-state index in [1.54, 1.807) is 44.6 Å². The number of methoxy groups -OCH3 is 2. The summed E-state index contributed by atoms with van der Waals surface area (Å²) < 4.78 is 42.3. The molecule has 0 radical (unpaired) electrons. The maximum absolute atomic E-state index is 14.1. The van der Waals surface area contributed by atoms with Crippen molar-refractivity contribution in [1.82, 2.24) is 13.8 Å². The summed E-state index contributed by atoms with van der Waals surface area (Å²) in [6.45, 7) is 8.29. The van der Waals surface area contributed by atoms with Crippen LogP contribution in [-0.4, -0.2) is 71.4 Å². The zero-order valence-corrected chi connectivity index (χ0v) is 35.6. The van der Waals surface area contributed by atoms with Crippen molar-refractivity contribution in [3.8, 4) is 17.6 Å². The summed E-state index contributed by atoms with van der Waals surface area (Å²) in [5.41, 5.74) is -0.177. The average Bonchev–Trinajstić information content (AvgIpc) is 3.66. The van der Waals surface area contributed by atoms with Crippen LogP contribution in [0.4, 0.5) is 0 Å². The molecule has 1 fully saturated rings. The van der Waals surface area contributed by atoms with E-state index >= 15 is 0 Å². The molecule has 0 spiro atoms. The van der Waals surface area contributed by atoms with Gasteiger partial charge in [-0.25, -0.2) is 9.46 Å². The van der Waals surface area contributed by atoms with E-state index in [0.717, 1.165) is 16.7 Å². The summed E-state index contributed by atoms with van der Waals surface area (Å²) >= 11 is 0. The van der Waals surface area contributed by atoms with Crippen molar-refractivity contribution in [2.24, 2.45) is 0 Å². The molecule has 0 saturated carbocycles. The number of aromatic nitrogens is 2. The molecular weight excluding hydrogens is 783 g/mol. The Balaban J connectivity index is 1.45. The second-order valence-corrected chi connectivity index (χ2v) is 16.1. The fourth-order valence-electron chi connectivity index (χ4n) is 7.43. The Morgan fingerprint density at radius 1 is 0.833 bits per heavy atom. The molecule has 1 saturated heterocycles. The van der Waals surface area contributed by atoms with E-state index in [4.69, 9.17) is 28.0 Å². The average molecular weight is 835 g/mol. The molecule has 1 unspecified atom stereocenters. The second kappa shape index (κ2) is 20.2. The van der Waals surface area contributed by atoms with Crippen molar-refractivity contribution >= 4 is 14.4 Å². The van der Waals surface area contributed by atoms with Gasteiger partial charge < -0.3 is 28.0 Å². The SMILES string of the molecule is COc1ccc(C(OC[C@H]2O[C@@H](n3ccc(=O)n(C(=O)c4ccccc4)c3=O)C[C@@H]2OP(OCCC#N)N(C(C)C)C(C)C)(c2ccccc2)c2ccc(OC)cc2)cc1. The Bertz CT molecular complexity index is 2270. The molecule has 13 nitrogen and oxygen atoms in total. The summed E-state index contributed by atoms with van der Waals surface area (Å²) in [5, 5.41) is 9.38. The highest BCUT2D eigenvalue weighted by atomic mass is 31.2. The maximum Gasteiger partial charge on any atom is 0.340 e. The van der Waals surface area contributed by atoms with Gasteiger partial charge >= 0.3 is 5.69 Å². The summed E-state index contributed by atoms with van der Waals surface area (Å²) in [6, 6.07) is 36.7. The highest BCUT2D eigenvalue weighted by molar-refractivity contribution is 7.44. The lowest BCUT2D eigenvalue weighted by molar-refractivity contribution is -0.0926. The van der Waals surface area contributed by atoms with E-state index < -0.39 is 49.7 Å². The van der Waals surface area contributed by atoms with Gasteiger partial charge in [-0.3, -0.25) is 14.2 Å². The van der Waals surface area contributed by atoms with Gasteiger partial charge in [0.15, 0.2) is 0 Å². The second-order valence-electron chi connectivity index (χ2n) is 14.7. The number of carbonyl (C=O) groups is 1. The maximum atomic E-state index is 14.1. The third-order valence-electron chi connectivity index (χ3n) is 10.3. The van der Waals surface area contributed by atoms with Crippen LogP contribution in [0.5, 0.6) is 11.5 Å². The van der Waals surface area contributed by atoms with Crippen molar-refractivity contribution in [2.75, 3.05) is 27.4 Å². The molecule has 2 heterocycles. The molecule has 1 aromatic heterocycles. The van der Waals surface area contributed by atoms with Gasteiger partial charge in [-0.1, -0.05) is 72.8 Å². The number of rotatable bonds is 18. The van der Waals surface area contributed by atoms with E-state index in [-0.39, 0.29) is 43.7 Å². The lowest BCUT2D eigenvalue weighted by Gasteiger charge is -2.39. The number of hydrogen-bond acceptors (Lipinski definition) is 11. The van der Waals surface area contributed by atoms with Crippen LogP contribution in [-0.2, 0) is 24.1 Å². The molecule has 5 aromatic rings. The summed E-state index contributed by atoms with van der Waals surface area (Å²) in [5.74, 6) is 0.595. The summed E-state index contributed by atoms with van der Waals surface area (Å²) in [7, 11) is 1.46. The predicted molar refractivity (Wildman–Crippen MR) is 228 cm³/mol. The standard InChI is InChI=1S/C46H51N4O9P/c1-32(2)50(33(3)4)60(57-29-13-27-47)59-40-30-43(48-28-26-42(51)49(45(48)53)44(52)34-14-9-7-10-15-34)58-41(40)31-56-46(35-16-11-8-12-17-35,36-18-22-38(54-5)23-19-36)37-20-24-39(55-6)25-21-37/h7-12,14-26,28,32-33,40-41,43H,13,29-31H2,1-6H3/t40-,41+,43+,60?/m0/s1. The largest absolute Gasteiger partial charge is 0.497 e. The predicted octanol–water partition coefficient (Wildman–Crippen LogP) is 7.67. The van der Waals surface area contributed by atoms with Crippen LogP contribution in [0.15, 0.2) is 131 Å². The number of ether oxygens (including phenoxy) is 4.